The van der Waals surface area contributed by atoms with Gasteiger partial charge in [-0.15, -0.1) is 6.58 Å². The summed E-state index contributed by atoms with van der Waals surface area (Å²) in [5.41, 5.74) is 0. The predicted octanol–water partition coefficient (Wildman–Crippen LogP) is 2.73. The molecule has 0 aromatic rings. The third-order valence-electron chi connectivity index (χ3n) is 0.839. The number of hydrogen-bond donors (Lipinski definition) is 0. The molecule has 0 N–H and O–H groups in total. The van der Waals surface area contributed by atoms with Crippen LogP contribution in [0.5, 0.6) is 0 Å². The van der Waals surface area contributed by atoms with Crippen molar-refractivity contribution in [2.75, 3.05) is 0 Å². The van der Waals surface area contributed by atoms with E-state index in [0.29, 0.717) is 0 Å². The van der Waals surface area contributed by atoms with Gasteiger partial charge in [0.1, 0.15) is 0 Å². The second kappa shape index (κ2) is 6.48. The van der Waals surface area contributed by atoms with E-state index in [2.05, 4.69) is 19.6 Å². The van der Waals surface area contributed by atoms with Crippen LogP contribution in [-0.2, 0) is 0 Å². The van der Waals surface area contributed by atoms with Gasteiger partial charge in [0.2, 0.25) is 0 Å². The SMILES string of the molecule is C=C[CH]C=CCCC. The molecule has 45 valence electrons. The number of allylic oxidation sites excluding steroid dienone is 3. The Bertz CT molecular complexity index is 70.1. The van der Waals surface area contributed by atoms with E-state index in [9.17, 15) is 0 Å². The molecule has 0 amide bonds. The normalized spacial score (nSPS) is 10.1. The molecule has 0 aliphatic heterocycles. The van der Waals surface area contributed by atoms with Crippen LogP contribution in [-0.4, -0.2) is 0 Å². The van der Waals surface area contributed by atoms with Crippen molar-refractivity contribution < 1.29 is 0 Å². The van der Waals surface area contributed by atoms with E-state index >= 15 is 0 Å². The minimum Gasteiger partial charge on any atom is -0.102 e. The Kier molecular flexibility index (Phi) is 6.06. The number of rotatable bonds is 4. The maximum atomic E-state index is 3.55. The van der Waals surface area contributed by atoms with Gasteiger partial charge in [0.25, 0.3) is 0 Å². The van der Waals surface area contributed by atoms with E-state index in [4.69, 9.17) is 0 Å². The summed E-state index contributed by atoms with van der Waals surface area (Å²) in [5, 5.41) is 0. The summed E-state index contributed by atoms with van der Waals surface area (Å²) < 4.78 is 0. The van der Waals surface area contributed by atoms with Crippen LogP contribution in [0.1, 0.15) is 19.8 Å². The molecular formula is C8H13. The topological polar surface area (TPSA) is 0 Å². The molecule has 0 fully saturated rings. The molecule has 0 aromatic carbocycles. The van der Waals surface area contributed by atoms with Crippen LogP contribution >= 0.6 is 0 Å². The summed E-state index contributed by atoms with van der Waals surface area (Å²) in [7, 11) is 0. The standard InChI is InChI=1S/C8H13/c1-3-5-7-8-6-4-2/h3,5,7-8H,1,4,6H2,2H3. The number of unbranched alkanes of at least 4 members (excludes halogenated alkanes) is 1. The van der Waals surface area contributed by atoms with Gasteiger partial charge in [0.05, 0.1) is 0 Å². The van der Waals surface area contributed by atoms with E-state index in [1.165, 1.54) is 12.8 Å². The van der Waals surface area contributed by atoms with Gasteiger partial charge < -0.3 is 0 Å². The van der Waals surface area contributed by atoms with E-state index < -0.39 is 0 Å². The van der Waals surface area contributed by atoms with Gasteiger partial charge in [0.15, 0.2) is 0 Å². The molecule has 0 aliphatic rings. The van der Waals surface area contributed by atoms with Gasteiger partial charge in [0, 0.05) is 6.42 Å². The van der Waals surface area contributed by atoms with Crippen LogP contribution in [0.2, 0.25) is 0 Å². The zero-order valence-corrected chi connectivity index (χ0v) is 5.43. The van der Waals surface area contributed by atoms with Crippen molar-refractivity contribution >= 4 is 0 Å². The lowest BCUT2D eigenvalue weighted by Crippen LogP contribution is -1.60. The second-order valence-corrected chi connectivity index (χ2v) is 1.64. The van der Waals surface area contributed by atoms with Crippen LogP contribution in [0, 0.1) is 6.42 Å². The Labute approximate surface area is 51.9 Å². The zero-order chi connectivity index (χ0) is 6.24. The van der Waals surface area contributed by atoms with Crippen molar-refractivity contribution in [3.8, 4) is 0 Å². The average Bonchev–Trinajstić information content (AvgIpc) is 1.81. The number of hydrogen-bond acceptors (Lipinski definition) is 0. The second-order valence-electron chi connectivity index (χ2n) is 1.64. The highest BCUT2D eigenvalue weighted by Crippen LogP contribution is 1.89. The molecule has 0 atom stereocenters. The van der Waals surface area contributed by atoms with Crippen LogP contribution in [0.25, 0.3) is 0 Å². The van der Waals surface area contributed by atoms with Crippen molar-refractivity contribution in [2.24, 2.45) is 0 Å². The first-order valence-electron chi connectivity index (χ1n) is 3.02. The first kappa shape index (κ1) is 7.48. The van der Waals surface area contributed by atoms with Crippen LogP contribution in [0.15, 0.2) is 24.8 Å². The van der Waals surface area contributed by atoms with Gasteiger partial charge in [-0.3, -0.25) is 0 Å². The van der Waals surface area contributed by atoms with E-state index in [1.54, 1.807) is 6.08 Å². The molecule has 0 heterocycles. The maximum Gasteiger partial charge on any atom is 0.00413 e. The Morgan fingerprint density at radius 1 is 1.50 bits per heavy atom. The molecule has 0 unspecified atom stereocenters. The molecule has 0 saturated carbocycles. The van der Waals surface area contributed by atoms with Crippen molar-refractivity contribution in [1.29, 1.82) is 0 Å². The fraction of sp³-hybridized carbons (Fsp3) is 0.375. The van der Waals surface area contributed by atoms with Gasteiger partial charge in [-0.25, -0.2) is 0 Å². The molecule has 0 nitrogen and oxygen atoms in total. The molecule has 1 radical (unpaired) electrons. The molecule has 0 spiro atoms. The highest BCUT2D eigenvalue weighted by molar-refractivity contribution is 5.04. The van der Waals surface area contributed by atoms with Crippen LogP contribution < -0.4 is 0 Å². The summed E-state index contributed by atoms with van der Waals surface area (Å²) in [6, 6.07) is 0. The van der Waals surface area contributed by atoms with Crippen LogP contribution in [0.3, 0.4) is 0 Å². The molecule has 8 heavy (non-hydrogen) atoms. The van der Waals surface area contributed by atoms with E-state index in [0.717, 1.165) is 0 Å². The Morgan fingerprint density at radius 3 is 2.75 bits per heavy atom. The highest BCUT2D eigenvalue weighted by Gasteiger charge is 1.69. The highest BCUT2D eigenvalue weighted by atomic mass is 13.8. The molecule has 0 aliphatic carbocycles. The molecular weight excluding hydrogens is 96.1 g/mol. The quantitative estimate of drug-likeness (QED) is 0.520. The molecule has 0 bridgehead atoms. The molecule has 0 heteroatoms. The monoisotopic (exact) mass is 109 g/mol. The minimum atomic E-state index is 1.17. The van der Waals surface area contributed by atoms with Gasteiger partial charge in [-0.1, -0.05) is 31.6 Å². The minimum absolute atomic E-state index is 1.17. The largest absolute Gasteiger partial charge is 0.102 e. The molecule has 0 aromatic heterocycles. The zero-order valence-electron chi connectivity index (χ0n) is 5.43. The smallest absolute Gasteiger partial charge is 0.00413 e. The summed E-state index contributed by atoms with van der Waals surface area (Å²) in [6.07, 6.45) is 10.3. The fourth-order valence-electron chi connectivity index (χ4n) is 0.420. The lowest BCUT2D eigenvalue weighted by atomic mass is 10.3. The third kappa shape index (κ3) is 5.48. The molecule has 0 saturated heterocycles. The van der Waals surface area contributed by atoms with Gasteiger partial charge >= 0.3 is 0 Å². The molecule has 0 rings (SSSR count). The first-order valence-corrected chi connectivity index (χ1v) is 3.02. The lowest BCUT2D eigenvalue weighted by Gasteiger charge is -1.80. The maximum absolute atomic E-state index is 3.55. The fourth-order valence-corrected chi connectivity index (χ4v) is 0.420. The van der Waals surface area contributed by atoms with Crippen molar-refractivity contribution in [1.82, 2.24) is 0 Å². The van der Waals surface area contributed by atoms with E-state index in [-0.39, 0.29) is 0 Å². The van der Waals surface area contributed by atoms with Gasteiger partial charge in [-0.05, 0) is 6.42 Å². The summed E-state index contributed by atoms with van der Waals surface area (Å²) >= 11 is 0. The third-order valence-corrected chi connectivity index (χ3v) is 0.839. The Balaban J connectivity index is 2.94. The van der Waals surface area contributed by atoms with Crippen molar-refractivity contribution in [3.05, 3.63) is 31.2 Å². The summed E-state index contributed by atoms with van der Waals surface area (Å²) in [5.74, 6) is 0. The van der Waals surface area contributed by atoms with Crippen molar-refractivity contribution in [3.63, 3.8) is 0 Å². The first-order chi connectivity index (χ1) is 3.91. The predicted molar refractivity (Wildman–Crippen MR) is 38.5 cm³/mol. The summed E-state index contributed by atoms with van der Waals surface area (Å²) in [4.78, 5) is 0. The summed E-state index contributed by atoms with van der Waals surface area (Å²) in [6.45, 7) is 5.72. The Hall–Kier alpha value is -0.520. The lowest BCUT2D eigenvalue weighted by molar-refractivity contribution is 0.958. The van der Waals surface area contributed by atoms with Crippen LogP contribution in [0.4, 0.5) is 0 Å². The Morgan fingerprint density at radius 2 is 2.25 bits per heavy atom. The van der Waals surface area contributed by atoms with Gasteiger partial charge in [-0.2, -0.15) is 0 Å². The van der Waals surface area contributed by atoms with E-state index in [1.807, 2.05) is 12.5 Å². The van der Waals surface area contributed by atoms with Crippen molar-refractivity contribution in [2.45, 2.75) is 19.8 Å². The average molecular weight is 109 g/mol.